The molecule has 2 aliphatic carbocycles. The van der Waals surface area contributed by atoms with Crippen LogP contribution in [0.25, 0.3) is 0 Å². The molecule has 0 spiro atoms. The van der Waals surface area contributed by atoms with Crippen molar-refractivity contribution in [1.82, 2.24) is 0 Å². The molecule has 2 rings (SSSR count). The highest BCUT2D eigenvalue weighted by atomic mass is 32.3. The number of ketones is 1. The Morgan fingerprint density at radius 3 is 2.22 bits per heavy atom. The molecule has 0 aliphatic heterocycles. The quantitative estimate of drug-likeness (QED) is 0.545. The molecule has 2 atom stereocenters. The van der Waals surface area contributed by atoms with Crippen LogP contribution < -0.4 is 0 Å². The molecular weight excluding hydrogens is 353 g/mol. The number of alkyl halides is 3. The second-order valence-corrected chi connectivity index (χ2v) is 9.80. The summed E-state index contributed by atoms with van der Waals surface area (Å²) in [6, 6.07) is 0. The predicted molar refractivity (Wildman–Crippen MR) is 82.1 cm³/mol. The van der Waals surface area contributed by atoms with E-state index in [-0.39, 0.29) is 17.5 Å². The molecule has 4 nitrogen and oxygen atoms in total. The topological polar surface area (TPSA) is 60.4 Å². The van der Waals surface area contributed by atoms with E-state index in [2.05, 4.69) is 3.63 Å². The van der Waals surface area contributed by atoms with Gasteiger partial charge in [-0.2, -0.15) is 21.6 Å². The van der Waals surface area contributed by atoms with Crippen LogP contribution in [-0.4, -0.2) is 30.7 Å². The van der Waals surface area contributed by atoms with Gasteiger partial charge in [0.2, 0.25) is 5.25 Å². The maximum atomic E-state index is 12.6. The van der Waals surface area contributed by atoms with Gasteiger partial charge in [0.1, 0.15) is 5.75 Å². The number of hydrogen-bond acceptors (Lipinski definition) is 4. The van der Waals surface area contributed by atoms with E-state index in [4.69, 9.17) is 0 Å². The molecule has 0 amide bonds. The molecule has 134 valence electrons. The summed E-state index contributed by atoms with van der Waals surface area (Å²) in [6.45, 7) is 0. The first-order valence-electron chi connectivity index (χ1n) is 7.94. The van der Waals surface area contributed by atoms with E-state index in [0.29, 0.717) is 19.3 Å². The van der Waals surface area contributed by atoms with Crippen molar-refractivity contribution in [3.05, 3.63) is 0 Å². The fourth-order valence-corrected chi connectivity index (χ4v) is 6.86. The average Bonchev–Trinajstić information content (AvgIpc) is 2.47. The first kappa shape index (κ1) is 19.1. The molecule has 0 radical (unpaired) electrons. The lowest BCUT2D eigenvalue weighted by atomic mass is 9.91. The third-order valence-electron chi connectivity index (χ3n) is 4.40. The lowest BCUT2D eigenvalue weighted by Gasteiger charge is -2.24. The number of halogens is 3. The molecule has 0 N–H and O–H groups in total. The van der Waals surface area contributed by atoms with E-state index >= 15 is 0 Å². The molecular formula is C14H22F3O4S2+. The zero-order chi connectivity index (χ0) is 17.1. The maximum Gasteiger partial charge on any atom is 0.527 e. The molecule has 2 saturated carbocycles. The molecule has 0 bridgehead atoms. The third kappa shape index (κ3) is 5.09. The summed E-state index contributed by atoms with van der Waals surface area (Å²) in [5.74, 6) is 0.226. The van der Waals surface area contributed by atoms with E-state index in [1.807, 2.05) is 0 Å². The highest BCUT2D eigenvalue weighted by Gasteiger charge is 2.55. The van der Waals surface area contributed by atoms with E-state index in [9.17, 15) is 26.4 Å². The Morgan fingerprint density at radius 1 is 1.04 bits per heavy atom. The van der Waals surface area contributed by atoms with Crippen LogP contribution in [-0.2, 0) is 29.7 Å². The summed E-state index contributed by atoms with van der Waals surface area (Å²) in [7, 11) is -5.66. The molecule has 0 saturated heterocycles. The molecule has 9 heteroatoms. The molecule has 2 unspecified atom stereocenters. The average molecular weight is 375 g/mol. The van der Waals surface area contributed by atoms with Crippen molar-refractivity contribution in [3.63, 3.8) is 0 Å². The van der Waals surface area contributed by atoms with Crippen molar-refractivity contribution in [2.45, 2.75) is 68.5 Å². The van der Waals surface area contributed by atoms with Crippen LogP contribution in [0.5, 0.6) is 0 Å². The molecule has 23 heavy (non-hydrogen) atoms. The van der Waals surface area contributed by atoms with Gasteiger partial charge < -0.3 is 0 Å². The Labute approximate surface area is 137 Å². The van der Waals surface area contributed by atoms with Gasteiger partial charge >= 0.3 is 15.6 Å². The lowest BCUT2D eigenvalue weighted by molar-refractivity contribution is -0.119. The van der Waals surface area contributed by atoms with Gasteiger partial charge in [-0.25, -0.2) is 0 Å². The Balaban J connectivity index is 2.14. The van der Waals surface area contributed by atoms with Crippen molar-refractivity contribution < 1.29 is 30.0 Å². The Hall–Kier alpha value is -0.280. The van der Waals surface area contributed by atoms with Gasteiger partial charge in [-0.15, -0.1) is 0 Å². The van der Waals surface area contributed by atoms with Gasteiger partial charge in [0.25, 0.3) is 0 Å². The predicted octanol–water partition coefficient (Wildman–Crippen LogP) is 3.48. The third-order valence-corrected chi connectivity index (χ3v) is 8.32. The van der Waals surface area contributed by atoms with Crippen LogP contribution >= 0.6 is 0 Å². The van der Waals surface area contributed by atoms with Gasteiger partial charge in [0.15, 0.2) is 17.0 Å². The first-order valence-corrected chi connectivity index (χ1v) is 10.7. The number of Topliss-reactive ketones (excluding diaryl/α,β-unsaturated/α-hetero) is 1. The summed E-state index contributed by atoms with van der Waals surface area (Å²) in [4.78, 5) is 12.1. The SMILES string of the molecule is O=C1CCCCC1[S+](CC1CCCCC1)OS(=O)(=O)C(F)(F)F. The maximum absolute atomic E-state index is 12.6. The number of rotatable bonds is 5. The largest absolute Gasteiger partial charge is 0.527 e. The van der Waals surface area contributed by atoms with E-state index in [0.717, 1.165) is 38.5 Å². The Bertz CT molecular complexity index is 513. The second-order valence-electron chi connectivity index (χ2n) is 6.22. The molecule has 2 fully saturated rings. The van der Waals surface area contributed by atoms with Crippen molar-refractivity contribution in [2.75, 3.05) is 5.75 Å². The number of carbonyl (C=O) groups excluding carboxylic acids is 1. The summed E-state index contributed by atoms with van der Waals surface area (Å²) in [5, 5.41) is -0.706. The van der Waals surface area contributed by atoms with E-state index < -0.39 is 32.1 Å². The normalized spacial score (nSPS) is 26.2. The minimum absolute atomic E-state index is 0.144. The van der Waals surface area contributed by atoms with Crippen molar-refractivity contribution in [2.24, 2.45) is 5.92 Å². The summed E-state index contributed by atoms with van der Waals surface area (Å²) in [5.41, 5.74) is -5.44. The minimum atomic E-state index is -5.66. The second kappa shape index (κ2) is 7.74. The van der Waals surface area contributed by atoms with E-state index in [1.165, 1.54) is 0 Å². The van der Waals surface area contributed by atoms with Crippen molar-refractivity contribution in [1.29, 1.82) is 0 Å². The highest BCUT2D eigenvalue weighted by Crippen LogP contribution is 2.34. The fourth-order valence-electron chi connectivity index (χ4n) is 3.16. The summed E-state index contributed by atoms with van der Waals surface area (Å²) < 4.78 is 65.3. The van der Waals surface area contributed by atoms with Crippen LogP contribution in [0.2, 0.25) is 0 Å². The van der Waals surface area contributed by atoms with Crippen LogP contribution in [0.3, 0.4) is 0 Å². The Kier molecular flexibility index (Phi) is 6.41. The van der Waals surface area contributed by atoms with Crippen LogP contribution in [0.4, 0.5) is 13.2 Å². The lowest BCUT2D eigenvalue weighted by Crippen LogP contribution is -2.41. The van der Waals surface area contributed by atoms with Gasteiger partial charge in [0.05, 0.1) is 0 Å². The first-order chi connectivity index (χ1) is 10.7. The van der Waals surface area contributed by atoms with Crippen molar-refractivity contribution >= 4 is 27.1 Å². The zero-order valence-electron chi connectivity index (χ0n) is 12.8. The standard InChI is InChI=1S/C14H22F3O4S2/c15-14(16,17)23(19,20)21-22(10-11-6-2-1-3-7-11)13-9-5-4-8-12(13)18/h11,13H,1-10H2/q+1. The summed E-state index contributed by atoms with van der Waals surface area (Å²) >= 11 is -1.51. The van der Waals surface area contributed by atoms with E-state index in [1.54, 1.807) is 0 Å². The van der Waals surface area contributed by atoms with Crippen molar-refractivity contribution in [3.8, 4) is 0 Å². The minimum Gasteiger partial charge on any atom is -0.294 e. The molecule has 0 aromatic heterocycles. The van der Waals surface area contributed by atoms with Gasteiger partial charge in [0, 0.05) is 18.8 Å². The van der Waals surface area contributed by atoms with Gasteiger partial charge in [-0.05, 0) is 29.3 Å². The number of carbonyl (C=O) groups is 1. The fraction of sp³-hybridized carbons (Fsp3) is 0.929. The van der Waals surface area contributed by atoms with Gasteiger partial charge in [-0.3, -0.25) is 4.79 Å². The number of hydrogen-bond donors (Lipinski definition) is 0. The highest BCUT2D eigenvalue weighted by molar-refractivity contribution is 8.03. The van der Waals surface area contributed by atoms with Crippen LogP contribution in [0.1, 0.15) is 57.8 Å². The summed E-state index contributed by atoms with van der Waals surface area (Å²) in [6.07, 6.45) is 6.95. The molecule has 0 aromatic rings. The zero-order valence-corrected chi connectivity index (χ0v) is 14.4. The Morgan fingerprint density at radius 2 is 1.65 bits per heavy atom. The molecule has 0 heterocycles. The van der Waals surface area contributed by atoms with Crippen LogP contribution in [0, 0.1) is 5.92 Å². The van der Waals surface area contributed by atoms with Crippen LogP contribution in [0.15, 0.2) is 0 Å². The monoisotopic (exact) mass is 375 g/mol. The van der Waals surface area contributed by atoms with Gasteiger partial charge in [-0.1, -0.05) is 19.3 Å². The smallest absolute Gasteiger partial charge is 0.294 e. The molecule has 2 aliphatic rings. The molecule has 0 aromatic carbocycles.